The molecule has 0 heterocycles. The topological polar surface area (TPSA) is 38.7 Å². The lowest BCUT2D eigenvalue weighted by Crippen LogP contribution is -2.54. The molecule has 0 aromatic carbocycles. The summed E-state index contributed by atoms with van der Waals surface area (Å²) in [6, 6.07) is 0. The zero-order valence-corrected chi connectivity index (χ0v) is 20.3. The van der Waals surface area contributed by atoms with E-state index in [2.05, 4.69) is 40.8 Å². The van der Waals surface area contributed by atoms with E-state index in [0.717, 1.165) is 5.92 Å². The van der Waals surface area contributed by atoms with Gasteiger partial charge in [0.25, 0.3) is 0 Å². The van der Waals surface area contributed by atoms with Crippen LogP contribution in [0.4, 0.5) is 0 Å². The SMILES string of the molecule is C[SiH2]OC(O[SiH2]C)C(C)(C)[C@H]1CCC[C@@]2(C)[C@@H]([C@H](C)CO)CCC[C@H]12. The Morgan fingerprint density at radius 2 is 1.76 bits per heavy atom. The third-order valence-corrected chi connectivity index (χ3v) is 8.89. The van der Waals surface area contributed by atoms with Gasteiger partial charge in [-0.3, -0.25) is 0 Å². The highest BCUT2D eigenvalue weighted by atomic mass is 28.2. The van der Waals surface area contributed by atoms with Crippen LogP contribution in [-0.2, 0) is 8.85 Å². The van der Waals surface area contributed by atoms with E-state index in [9.17, 15) is 5.11 Å². The first-order chi connectivity index (χ1) is 11.8. The maximum Gasteiger partial charge on any atom is 0.161 e. The average Bonchev–Trinajstić information content (AvgIpc) is 2.59. The Kier molecular flexibility index (Phi) is 7.78. The summed E-state index contributed by atoms with van der Waals surface area (Å²) >= 11 is 0. The van der Waals surface area contributed by atoms with Crippen LogP contribution < -0.4 is 0 Å². The molecule has 148 valence electrons. The summed E-state index contributed by atoms with van der Waals surface area (Å²) in [7, 11) is -0.949. The van der Waals surface area contributed by atoms with Crippen molar-refractivity contribution in [3.63, 3.8) is 0 Å². The number of fused-ring (bicyclic) bond motifs is 1. The molecule has 2 aliphatic rings. The fraction of sp³-hybridized carbons (Fsp3) is 1.00. The first-order valence-corrected chi connectivity index (χ1v) is 14.6. The van der Waals surface area contributed by atoms with Gasteiger partial charge >= 0.3 is 0 Å². The normalized spacial score (nSPS) is 36.8. The van der Waals surface area contributed by atoms with Crippen LogP contribution in [-0.4, -0.2) is 37.5 Å². The molecule has 0 radical (unpaired) electrons. The average molecular weight is 387 g/mol. The van der Waals surface area contributed by atoms with Crippen molar-refractivity contribution in [2.75, 3.05) is 6.61 Å². The zero-order valence-electron chi connectivity index (χ0n) is 17.5. The van der Waals surface area contributed by atoms with Crippen LogP contribution in [0.3, 0.4) is 0 Å². The Balaban J connectivity index is 2.29. The van der Waals surface area contributed by atoms with Crippen molar-refractivity contribution < 1.29 is 14.0 Å². The lowest BCUT2D eigenvalue weighted by Gasteiger charge is -2.59. The monoisotopic (exact) mass is 386 g/mol. The Bertz CT molecular complexity index is 412. The van der Waals surface area contributed by atoms with Crippen molar-refractivity contribution in [3.05, 3.63) is 0 Å². The lowest BCUT2D eigenvalue weighted by molar-refractivity contribution is -0.160. The molecule has 0 aromatic rings. The first kappa shape index (κ1) is 21.6. The van der Waals surface area contributed by atoms with Gasteiger partial charge in [-0.1, -0.05) is 53.6 Å². The molecule has 0 aliphatic heterocycles. The number of aliphatic hydroxyl groups is 1. The molecule has 0 unspecified atom stereocenters. The summed E-state index contributed by atoms with van der Waals surface area (Å²) in [4.78, 5) is 0. The Morgan fingerprint density at radius 3 is 2.32 bits per heavy atom. The predicted octanol–water partition coefficient (Wildman–Crippen LogP) is 3.49. The van der Waals surface area contributed by atoms with Crippen molar-refractivity contribution in [1.82, 2.24) is 0 Å². The molecule has 5 heteroatoms. The minimum Gasteiger partial charge on any atom is -0.400 e. The second-order valence-corrected chi connectivity index (χ2v) is 11.2. The van der Waals surface area contributed by atoms with Gasteiger partial charge in [0.05, 0.1) is 0 Å². The highest BCUT2D eigenvalue weighted by Gasteiger charge is 2.54. The van der Waals surface area contributed by atoms with Gasteiger partial charge in [0.2, 0.25) is 0 Å². The molecule has 1 N–H and O–H groups in total. The fourth-order valence-electron chi connectivity index (χ4n) is 6.34. The van der Waals surface area contributed by atoms with Gasteiger partial charge in [-0.05, 0) is 54.8 Å². The van der Waals surface area contributed by atoms with Gasteiger partial charge in [0.15, 0.2) is 19.5 Å². The number of rotatable bonds is 8. The fourth-order valence-corrected chi connectivity index (χ4v) is 8.18. The first-order valence-electron chi connectivity index (χ1n) is 10.7. The summed E-state index contributed by atoms with van der Waals surface area (Å²) in [6.45, 7) is 14.4. The molecule has 2 rings (SSSR count). The number of hydrogen-bond donors (Lipinski definition) is 1. The Labute approximate surface area is 160 Å². The summed E-state index contributed by atoms with van der Waals surface area (Å²) in [5.41, 5.74) is 0.459. The maximum atomic E-state index is 9.81. The van der Waals surface area contributed by atoms with Crippen LogP contribution in [0.15, 0.2) is 0 Å². The van der Waals surface area contributed by atoms with Crippen LogP contribution in [0.2, 0.25) is 13.1 Å². The van der Waals surface area contributed by atoms with Crippen LogP contribution in [0.1, 0.15) is 66.2 Å². The number of hydrogen-bond acceptors (Lipinski definition) is 3. The minimum atomic E-state index is -0.474. The maximum absolute atomic E-state index is 9.81. The van der Waals surface area contributed by atoms with Gasteiger partial charge < -0.3 is 14.0 Å². The Morgan fingerprint density at radius 1 is 1.12 bits per heavy atom. The van der Waals surface area contributed by atoms with E-state index in [-0.39, 0.29) is 11.7 Å². The molecule has 3 nitrogen and oxygen atoms in total. The standard InChI is InChI=1S/C20H42O3Si2/c1-14(13-21)15-9-7-10-17-16(11-8-12-20(15,17)4)19(2,3)18(22-24-5)23-25-6/h14-18,21H,7-13,24-25H2,1-6H3/t14-,15-,16+,17-,20+/m1/s1. The van der Waals surface area contributed by atoms with Crippen LogP contribution in [0.5, 0.6) is 0 Å². The van der Waals surface area contributed by atoms with Crippen molar-refractivity contribution in [3.8, 4) is 0 Å². The highest BCUT2D eigenvalue weighted by molar-refractivity contribution is 6.26. The minimum absolute atomic E-state index is 0.00354. The van der Waals surface area contributed by atoms with Crippen molar-refractivity contribution in [1.29, 1.82) is 0 Å². The van der Waals surface area contributed by atoms with Gasteiger partial charge in [0.1, 0.15) is 6.29 Å². The summed E-state index contributed by atoms with van der Waals surface area (Å²) < 4.78 is 12.4. The van der Waals surface area contributed by atoms with Gasteiger partial charge in [-0.15, -0.1) is 0 Å². The molecule has 25 heavy (non-hydrogen) atoms. The number of aliphatic hydroxyl groups excluding tert-OH is 1. The molecule has 2 saturated carbocycles. The smallest absolute Gasteiger partial charge is 0.161 e. The third-order valence-electron chi connectivity index (χ3n) is 7.61. The molecule has 0 bridgehead atoms. The molecule has 0 amide bonds. The van der Waals surface area contributed by atoms with Gasteiger partial charge in [-0.25, -0.2) is 0 Å². The van der Waals surface area contributed by atoms with E-state index in [1.807, 2.05) is 0 Å². The Hall–Kier alpha value is 0.314. The molecular formula is C20H42O3Si2. The quantitative estimate of drug-likeness (QED) is 0.513. The van der Waals surface area contributed by atoms with Gasteiger partial charge in [-0.2, -0.15) is 0 Å². The van der Waals surface area contributed by atoms with Crippen molar-refractivity contribution >= 4 is 19.5 Å². The third kappa shape index (κ3) is 4.26. The summed E-state index contributed by atoms with van der Waals surface area (Å²) in [5, 5.41) is 9.81. The second kappa shape index (κ2) is 9.00. The lowest BCUT2D eigenvalue weighted by atomic mass is 9.47. The molecule has 0 spiro atoms. The largest absolute Gasteiger partial charge is 0.400 e. The van der Waals surface area contributed by atoms with E-state index >= 15 is 0 Å². The molecule has 2 fully saturated rings. The highest BCUT2D eigenvalue weighted by Crippen LogP contribution is 2.61. The van der Waals surface area contributed by atoms with E-state index in [0.29, 0.717) is 29.8 Å². The second-order valence-electron chi connectivity index (χ2n) is 9.37. The van der Waals surface area contributed by atoms with E-state index in [4.69, 9.17) is 8.85 Å². The molecule has 5 atom stereocenters. The molecule has 0 aromatic heterocycles. The van der Waals surface area contributed by atoms with E-state index < -0.39 is 19.5 Å². The van der Waals surface area contributed by atoms with Crippen LogP contribution in [0.25, 0.3) is 0 Å². The molecule has 2 aliphatic carbocycles. The van der Waals surface area contributed by atoms with Crippen LogP contribution in [0, 0.1) is 34.5 Å². The predicted molar refractivity (Wildman–Crippen MR) is 111 cm³/mol. The van der Waals surface area contributed by atoms with E-state index in [1.54, 1.807) is 0 Å². The summed E-state index contributed by atoms with van der Waals surface area (Å²) in [5.74, 6) is 2.50. The zero-order chi connectivity index (χ0) is 18.7. The van der Waals surface area contributed by atoms with Crippen molar-refractivity contribution in [2.24, 2.45) is 34.5 Å². The van der Waals surface area contributed by atoms with Gasteiger partial charge in [0, 0.05) is 12.0 Å². The molecule has 0 saturated heterocycles. The van der Waals surface area contributed by atoms with Crippen LogP contribution >= 0.6 is 0 Å². The summed E-state index contributed by atoms with van der Waals surface area (Å²) in [6.07, 6.45) is 7.92. The van der Waals surface area contributed by atoms with E-state index in [1.165, 1.54) is 38.5 Å². The van der Waals surface area contributed by atoms with Crippen molar-refractivity contribution in [2.45, 2.75) is 85.6 Å². The molecular weight excluding hydrogens is 344 g/mol.